The minimum Gasteiger partial charge on any atom is -0.326 e. The number of alkyl halides is 1. The molecule has 0 aliphatic heterocycles. The van der Waals surface area contributed by atoms with E-state index in [9.17, 15) is 9.59 Å². The van der Waals surface area contributed by atoms with Crippen LogP contribution in [0.3, 0.4) is 0 Å². The average Bonchev–Trinajstić information content (AvgIpc) is 2.37. The van der Waals surface area contributed by atoms with Gasteiger partial charge in [0.05, 0.1) is 10.9 Å². The third-order valence-electron chi connectivity index (χ3n) is 3.26. The van der Waals surface area contributed by atoms with Gasteiger partial charge >= 0.3 is 0 Å². The summed E-state index contributed by atoms with van der Waals surface area (Å²) in [4.78, 5) is 26.3. The minimum atomic E-state index is -0.642. The summed E-state index contributed by atoms with van der Waals surface area (Å²) in [5, 5.41) is 3.78. The second-order valence-corrected chi connectivity index (χ2v) is 5.82. The summed E-state index contributed by atoms with van der Waals surface area (Å²) < 4.78 is 0. The van der Waals surface area contributed by atoms with Gasteiger partial charge in [-0.15, -0.1) is 11.6 Å². The van der Waals surface area contributed by atoms with Crippen molar-refractivity contribution in [2.75, 3.05) is 11.2 Å². The molecule has 0 fully saturated rings. The number of aromatic amines is 1. The molecule has 1 heterocycles. The van der Waals surface area contributed by atoms with Crippen LogP contribution in [-0.4, -0.2) is 16.8 Å². The molecule has 0 saturated carbocycles. The first kappa shape index (κ1) is 14.6. The Balaban J connectivity index is 2.38. The number of amides is 1. The van der Waals surface area contributed by atoms with Crippen LogP contribution in [0.5, 0.6) is 0 Å². The molecule has 0 atom stereocenters. The van der Waals surface area contributed by atoms with Crippen molar-refractivity contribution in [2.45, 2.75) is 20.8 Å². The highest BCUT2D eigenvalue weighted by Gasteiger charge is 2.26. The highest BCUT2D eigenvalue weighted by Crippen LogP contribution is 2.23. The van der Waals surface area contributed by atoms with Crippen LogP contribution >= 0.6 is 11.6 Å². The van der Waals surface area contributed by atoms with Crippen LogP contribution in [0.4, 0.5) is 5.69 Å². The fourth-order valence-electron chi connectivity index (χ4n) is 1.87. The van der Waals surface area contributed by atoms with Crippen molar-refractivity contribution < 1.29 is 4.79 Å². The number of nitrogens with one attached hydrogen (secondary N) is 2. The quantitative estimate of drug-likeness (QED) is 0.854. The second kappa shape index (κ2) is 5.29. The highest BCUT2D eigenvalue weighted by molar-refractivity contribution is 6.20. The van der Waals surface area contributed by atoms with Gasteiger partial charge in [-0.3, -0.25) is 9.59 Å². The van der Waals surface area contributed by atoms with Crippen molar-refractivity contribution in [3.05, 3.63) is 40.2 Å². The largest absolute Gasteiger partial charge is 0.326 e. The SMILES string of the molecule is Cc1cc(=O)[nH]c2cc(NC(=O)C(C)(C)CCl)ccc12. The Bertz CT molecular complexity index is 719. The third-order valence-corrected chi connectivity index (χ3v) is 3.92. The number of benzene rings is 1. The smallest absolute Gasteiger partial charge is 0.248 e. The fraction of sp³-hybridized carbons (Fsp3) is 0.333. The van der Waals surface area contributed by atoms with Crippen LogP contribution in [-0.2, 0) is 4.79 Å². The molecular formula is C15H17ClN2O2. The first-order valence-corrected chi connectivity index (χ1v) is 6.88. The van der Waals surface area contributed by atoms with Crippen molar-refractivity contribution >= 4 is 34.1 Å². The zero-order valence-electron chi connectivity index (χ0n) is 11.7. The Kier molecular flexibility index (Phi) is 3.86. The van der Waals surface area contributed by atoms with E-state index >= 15 is 0 Å². The minimum absolute atomic E-state index is 0.151. The first-order chi connectivity index (χ1) is 9.33. The van der Waals surface area contributed by atoms with Crippen LogP contribution < -0.4 is 10.9 Å². The van der Waals surface area contributed by atoms with Crippen molar-refractivity contribution in [1.82, 2.24) is 4.98 Å². The van der Waals surface area contributed by atoms with Gasteiger partial charge in [0, 0.05) is 23.0 Å². The van der Waals surface area contributed by atoms with Crippen LogP contribution in [0.2, 0.25) is 0 Å². The number of pyridine rings is 1. The molecule has 106 valence electrons. The van der Waals surface area contributed by atoms with E-state index in [1.54, 1.807) is 26.0 Å². The third kappa shape index (κ3) is 2.85. The summed E-state index contributed by atoms with van der Waals surface area (Å²) >= 11 is 5.78. The monoisotopic (exact) mass is 292 g/mol. The van der Waals surface area contributed by atoms with Crippen LogP contribution in [0.25, 0.3) is 10.9 Å². The number of anilines is 1. The molecule has 4 nitrogen and oxygen atoms in total. The number of rotatable bonds is 3. The molecule has 0 aliphatic rings. The van der Waals surface area contributed by atoms with Gasteiger partial charge in [-0.25, -0.2) is 0 Å². The molecule has 0 aliphatic carbocycles. The number of hydrogen-bond acceptors (Lipinski definition) is 2. The highest BCUT2D eigenvalue weighted by atomic mass is 35.5. The first-order valence-electron chi connectivity index (χ1n) is 6.34. The van der Waals surface area contributed by atoms with E-state index in [0.717, 1.165) is 10.9 Å². The van der Waals surface area contributed by atoms with Gasteiger partial charge in [-0.1, -0.05) is 6.07 Å². The van der Waals surface area contributed by atoms with Gasteiger partial charge in [0.15, 0.2) is 0 Å². The molecule has 0 spiro atoms. The second-order valence-electron chi connectivity index (χ2n) is 5.55. The Labute approximate surface area is 122 Å². The number of carbonyl (C=O) groups excluding carboxylic acids is 1. The molecule has 2 aromatic rings. The summed E-state index contributed by atoms with van der Waals surface area (Å²) in [5.74, 6) is 0.0874. The van der Waals surface area contributed by atoms with Crippen LogP contribution in [0.1, 0.15) is 19.4 Å². The number of aromatic nitrogens is 1. The normalized spacial score (nSPS) is 11.6. The molecule has 20 heavy (non-hydrogen) atoms. The molecule has 5 heteroatoms. The van der Waals surface area contributed by atoms with Crippen molar-refractivity contribution in [1.29, 1.82) is 0 Å². The van der Waals surface area contributed by atoms with Crippen molar-refractivity contribution in [2.24, 2.45) is 5.41 Å². The van der Waals surface area contributed by atoms with Crippen molar-refractivity contribution in [3.8, 4) is 0 Å². The summed E-state index contributed by atoms with van der Waals surface area (Å²) in [5.41, 5.74) is 1.46. The molecule has 0 unspecified atom stereocenters. The van der Waals surface area contributed by atoms with E-state index < -0.39 is 5.41 Å². The average molecular weight is 293 g/mol. The summed E-state index contributed by atoms with van der Waals surface area (Å²) in [7, 11) is 0. The lowest BCUT2D eigenvalue weighted by Crippen LogP contribution is -2.32. The molecule has 1 aromatic carbocycles. The summed E-state index contributed by atoms with van der Waals surface area (Å²) in [6.45, 7) is 5.44. The standard InChI is InChI=1S/C15H17ClN2O2/c1-9-6-13(19)18-12-7-10(4-5-11(9)12)17-14(20)15(2,3)8-16/h4-7H,8H2,1-3H3,(H,17,20)(H,18,19). The zero-order chi connectivity index (χ0) is 14.9. The van der Waals surface area contributed by atoms with E-state index in [2.05, 4.69) is 10.3 Å². The molecular weight excluding hydrogens is 276 g/mol. The Morgan fingerprint density at radius 2 is 2.05 bits per heavy atom. The van der Waals surface area contributed by atoms with Gasteiger partial charge in [0.2, 0.25) is 11.5 Å². The maximum absolute atomic E-state index is 12.1. The lowest BCUT2D eigenvalue weighted by atomic mass is 9.95. The molecule has 1 amide bonds. The van der Waals surface area contributed by atoms with E-state index in [-0.39, 0.29) is 17.3 Å². The fourth-order valence-corrected chi connectivity index (χ4v) is 1.99. The topological polar surface area (TPSA) is 62.0 Å². The van der Waals surface area contributed by atoms with E-state index in [0.29, 0.717) is 11.2 Å². The van der Waals surface area contributed by atoms with Gasteiger partial charge < -0.3 is 10.3 Å². The Morgan fingerprint density at radius 1 is 1.35 bits per heavy atom. The predicted molar refractivity (Wildman–Crippen MR) is 82.4 cm³/mol. The molecule has 2 rings (SSSR count). The van der Waals surface area contributed by atoms with Gasteiger partial charge in [-0.2, -0.15) is 0 Å². The molecule has 2 N–H and O–H groups in total. The lowest BCUT2D eigenvalue weighted by Gasteiger charge is -2.20. The molecule has 0 radical (unpaired) electrons. The maximum Gasteiger partial charge on any atom is 0.248 e. The predicted octanol–water partition coefficient (Wildman–Crippen LogP) is 3.04. The van der Waals surface area contributed by atoms with Gasteiger partial charge in [0.25, 0.3) is 0 Å². The van der Waals surface area contributed by atoms with E-state index in [1.807, 2.05) is 19.1 Å². The number of aryl methyl sites for hydroxylation is 1. The van der Waals surface area contributed by atoms with E-state index in [4.69, 9.17) is 11.6 Å². The Morgan fingerprint density at radius 3 is 2.70 bits per heavy atom. The van der Waals surface area contributed by atoms with E-state index in [1.165, 1.54) is 0 Å². The number of hydrogen-bond donors (Lipinski definition) is 2. The maximum atomic E-state index is 12.1. The summed E-state index contributed by atoms with van der Waals surface area (Å²) in [6.07, 6.45) is 0. The van der Waals surface area contributed by atoms with Gasteiger partial charge in [0.1, 0.15) is 0 Å². The van der Waals surface area contributed by atoms with Gasteiger partial charge in [-0.05, 0) is 38.5 Å². The Hall–Kier alpha value is -1.81. The number of H-pyrrole nitrogens is 1. The molecule has 0 saturated heterocycles. The number of halogens is 1. The van der Waals surface area contributed by atoms with Crippen molar-refractivity contribution in [3.63, 3.8) is 0 Å². The molecule has 1 aromatic heterocycles. The zero-order valence-corrected chi connectivity index (χ0v) is 12.5. The van der Waals surface area contributed by atoms with Crippen LogP contribution in [0.15, 0.2) is 29.1 Å². The lowest BCUT2D eigenvalue weighted by molar-refractivity contribution is -0.122. The number of carbonyl (C=O) groups is 1. The summed E-state index contributed by atoms with van der Waals surface area (Å²) in [6, 6.07) is 7.00. The number of fused-ring (bicyclic) bond motifs is 1. The molecule has 0 bridgehead atoms. The van der Waals surface area contributed by atoms with Crippen LogP contribution in [0, 0.1) is 12.3 Å².